The van der Waals surface area contributed by atoms with Crippen molar-refractivity contribution in [3.8, 4) is 5.88 Å². The summed E-state index contributed by atoms with van der Waals surface area (Å²) in [5, 5.41) is 13.2. The van der Waals surface area contributed by atoms with Crippen molar-refractivity contribution in [1.29, 1.82) is 0 Å². The molecule has 6 N–H and O–H groups in total. The number of aromatic hydroxyl groups is 1. The van der Waals surface area contributed by atoms with E-state index in [0.29, 0.717) is 27.7 Å². The number of nitrogen functional groups attached to an aromatic ring is 1. The Morgan fingerprint density at radius 1 is 1.26 bits per heavy atom. The Morgan fingerprint density at radius 3 is 2.83 bits per heavy atom. The van der Waals surface area contributed by atoms with Gasteiger partial charge in [-0.3, -0.25) is 4.79 Å². The average Bonchev–Trinajstić information content (AvgIpc) is 2.98. The molecule has 116 valence electrons. The predicted octanol–water partition coefficient (Wildman–Crippen LogP) is 1.49. The fourth-order valence-electron chi connectivity index (χ4n) is 2.85. The molecule has 2 aromatic heterocycles. The molecule has 1 aromatic carbocycles. The summed E-state index contributed by atoms with van der Waals surface area (Å²) < 4.78 is 13.7. The normalized spacial score (nSPS) is 14.3. The number of nitrogens with one attached hydrogen (secondary N) is 3. The molecule has 0 unspecified atom stereocenters. The van der Waals surface area contributed by atoms with Crippen molar-refractivity contribution < 1.29 is 14.3 Å². The number of hydrogen-bond acceptors (Lipinski definition) is 4. The van der Waals surface area contributed by atoms with E-state index in [1.807, 2.05) is 0 Å². The third kappa shape index (κ3) is 1.95. The zero-order valence-electron chi connectivity index (χ0n) is 11.8. The number of carbonyl (C=O) groups is 1. The lowest BCUT2D eigenvalue weighted by Crippen LogP contribution is -2.22. The van der Waals surface area contributed by atoms with Gasteiger partial charge < -0.3 is 26.1 Å². The Balaban J connectivity index is 2.07. The zero-order valence-corrected chi connectivity index (χ0v) is 11.8. The smallest absolute Gasteiger partial charge is 0.268 e. The molecule has 1 aliphatic heterocycles. The van der Waals surface area contributed by atoms with Crippen LogP contribution in [0.5, 0.6) is 5.88 Å². The van der Waals surface area contributed by atoms with Crippen LogP contribution in [0.4, 0.5) is 10.3 Å². The minimum absolute atomic E-state index is 0.0505. The van der Waals surface area contributed by atoms with E-state index in [4.69, 9.17) is 5.73 Å². The Morgan fingerprint density at radius 2 is 2.09 bits per heavy atom. The van der Waals surface area contributed by atoms with E-state index in [1.165, 1.54) is 12.1 Å². The maximum Gasteiger partial charge on any atom is 0.268 e. The predicted molar refractivity (Wildman–Crippen MR) is 82.3 cm³/mol. The van der Waals surface area contributed by atoms with Crippen molar-refractivity contribution in [2.24, 2.45) is 0 Å². The molecule has 0 aliphatic carbocycles. The number of amides is 1. The maximum atomic E-state index is 13.7. The Kier molecular flexibility index (Phi) is 2.68. The maximum absolute atomic E-state index is 13.7. The van der Waals surface area contributed by atoms with E-state index in [2.05, 4.69) is 20.3 Å². The number of imidazole rings is 1. The van der Waals surface area contributed by atoms with Gasteiger partial charge in [0.2, 0.25) is 11.8 Å². The SMILES string of the molecule is Nc1nc(O)c(C2=CCNC(=O)c3[nH]c4ccc(F)cc4c32)[nH]1. The molecule has 0 saturated heterocycles. The number of fused-ring (bicyclic) bond motifs is 3. The number of benzene rings is 1. The second-order valence-electron chi connectivity index (χ2n) is 5.21. The van der Waals surface area contributed by atoms with Gasteiger partial charge in [-0.15, -0.1) is 0 Å². The van der Waals surface area contributed by atoms with Gasteiger partial charge in [0.25, 0.3) is 5.91 Å². The summed E-state index contributed by atoms with van der Waals surface area (Å²) in [6.07, 6.45) is 1.72. The molecule has 7 nitrogen and oxygen atoms in total. The summed E-state index contributed by atoms with van der Waals surface area (Å²) in [6.45, 7) is 0.256. The van der Waals surface area contributed by atoms with Crippen molar-refractivity contribution in [1.82, 2.24) is 20.3 Å². The van der Waals surface area contributed by atoms with Gasteiger partial charge >= 0.3 is 0 Å². The van der Waals surface area contributed by atoms with Crippen LogP contribution in [0.15, 0.2) is 24.3 Å². The Labute approximate surface area is 129 Å². The fourth-order valence-corrected chi connectivity index (χ4v) is 2.85. The van der Waals surface area contributed by atoms with Crippen molar-refractivity contribution >= 4 is 28.3 Å². The van der Waals surface area contributed by atoms with Gasteiger partial charge in [0.1, 0.15) is 17.2 Å². The summed E-state index contributed by atoms with van der Waals surface area (Å²) in [6, 6.07) is 4.21. The number of nitrogens with zero attached hydrogens (tertiary/aromatic N) is 1. The van der Waals surface area contributed by atoms with Crippen LogP contribution in [0.2, 0.25) is 0 Å². The van der Waals surface area contributed by atoms with Crippen molar-refractivity contribution in [3.05, 3.63) is 47.0 Å². The van der Waals surface area contributed by atoms with Crippen LogP contribution in [-0.4, -0.2) is 32.5 Å². The molecule has 23 heavy (non-hydrogen) atoms. The van der Waals surface area contributed by atoms with E-state index in [0.717, 1.165) is 0 Å². The number of hydrogen-bond donors (Lipinski definition) is 5. The van der Waals surface area contributed by atoms with Crippen LogP contribution in [0.25, 0.3) is 16.5 Å². The van der Waals surface area contributed by atoms with Crippen molar-refractivity contribution in [2.45, 2.75) is 0 Å². The van der Waals surface area contributed by atoms with Crippen LogP contribution in [0, 0.1) is 5.82 Å². The lowest BCUT2D eigenvalue weighted by atomic mass is 9.99. The summed E-state index contributed by atoms with van der Waals surface area (Å²) in [5.41, 5.74) is 7.79. The third-order valence-electron chi connectivity index (χ3n) is 3.80. The molecule has 0 atom stereocenters. The molecule has 1 aliphatic rings. The summed E-state index contributed by atoms with van der Waals surface area (Å²) in [7, 11) is 0. The summed E-state index contributed by atoms with van der Waals surface area (Å²) in [5.74, 6) is -0.958. The standard InChI is InChI=1S/C15H12FN5O2/c16-6-1-2-9-8(5-6)10-7(11-14(23)21-15(17)20-11)3-4-18-13(22)12(10)19-9/h1-3,5,19,23H,4H2,(H,18,22)(H3,17,20,21). The molecule has 4 rings (SSSR count). The number of aromatic nitrogens is 3. The first-order chi connectivity index (χ1) is 11.0. The minimum atomic E-state index is -0.420. The Bertz CT molecular complexity index is 985. The van der Waals surface area contributed by atoms with E-state index in [-0.39, 0.29) is 30.0 Å². The van der Waals surface area contributed by atoms with E-state index in [9.17, 15) is 14.3 Å². The van der Waals surface area contributed by atoms with Gasteiger partial charge in [0.05, 0.1) is 0 Å². The molecule has 1 amide bonds. The van der Waals surface area contributed by atoms with Crippen LogP contribution < -0.4 is 11.1 Å². The van der Waals surface area contributed by atoms with Crippen molar-refractivity contribution in [2.75, 3.05) is 12.3 Å². The molecule has 3 heterocycles. The van der Waals surface area contributed by atoms with Gasteiger partial charge in [-0.1, -0.05) is 6.08 Å². The van der Waals surface area contributed by atoms with E-state index >= 15 is 0 Å². The highest BCUT2D eigenvalue weighted by molar-refractivity contribution is 6.09. The summed E-state index contributed by atoms with van der Waals surface area (Å²) >= 11 is 0. The molecule has 0 fully saturated rings. The largest absolute Gasteiger partial charge is 0.492 e. The Hall–Kier alpha value is -3.29. The molecular formula is C15H12FN5O2. The lowest BCUT2D eigenvalue weighted by Gasteiger charge is -2.05. The van der Waals surface area contributed by atoms with Crippen LogP contribution in [0.3, 0.4) is 0 Å². The van der Waals surface area contributed by atoms with Crippen molar-refractivity contribution in [3.63, 3.8) is 0 Å². The van der Waals surface area contributed by atoms with Gasteiger partial charge in [0.15, 0.2) is 0 Å². The molecule has 0 bridgehead atoms. The highest BCUT2D eigenvalue weighted by atomic mass is 19.1. The number of H-pyrrole nitrogens is 2. The number of rotatable bonds is 1. The first-order valence-electron chi connectivity index (χ1n) is 6.89. The fraction of sp³-hybridized carbons (Fsp3) is 0.0667. The first kappa shape index (κ1) is 13.4. The molecular weight excluding hydrogens is 301 g/mol. The van der Waals surface area contributed by atoms with Crippen LogP contribution in [0.1, 0.15) is 21.7 Å². The third-order valence-corrected chi connectivity index (χ3v) is 3.80. The molecule has 3 aromatic rings. The van der Waals surface area contributed by atoms with Gasteiger partial charge in [-0.05, 0) is 18.2 Å². The summed E-state index contributed by atoms with van der Waals surface area (Å²) in [4.78, 5) is 21.7. The number of anilines is 1. The number of carbonyl (C=O) groups excluding carboxylic acids is 1. The molecule has 0 spiro atoms. The quantitative estimate of drug-likeness (QED) is 0.467. The second kappa shape index (κ2) is 4.60. The van der Waals surface area contributed by atoms with E-state index in [1.54, 1.807) is 12.1 Å². The van der Waals surface area contributed by atoms with Gasteiger partial charge in [-0.2, -0.15) is 4.98 Å². The van der Waals surface area contributed by atoms with Gasteiger partial charge in [0, 0.05) is 28.6 Å². The van der Waals surface area contributed by atoms with Gasteiger partial charge in [-0.25, -0.2) is 4.39 Å². The molecule has 0 radical (unpaired) electrons. The highest BCUT2D eigenvalue weighted by Gasteiger charge is 2.26. The second-order valence-corrected chi connectivity index (χ2v) is 5.21. The molecule has 8 heteroatoms. The number of nitrogens with two attached hydrogens (primary N) is 1. The first-order valence-corrected chi connectivity index (χ1v) is 6.89. The molecule has 0 saturated carbocycles. The van der Waals surface area contributed by atoms with E-state index < -0.39 is 5.82 Å². The minimum Gasteiger partial charge on any atom is -0.492 e. The zero-order chi connectivity index (χ0) is 16.1. The van der Waals surface area contributed by atoms with Crippen LogP contribution in [-0.2, 0) is 0 Å². The average molecular weight is 313 g/mol. The topological polar surface area (TPSA) is 120 Å². The van der Waals surface area contributed by atoms with Crippen LogP contribution >= 0.6 is 0 Å². The number of aromatic amines is 2. The number of halogens is 1. The lowest BCUT2D eigenvalue weighted by molar-refractivity contribution is 0.0954. The highest BCUT2D eigenvalue weighted by Crippen LogP contribution is 2.37. The monoisotopic (exact) mass is 313 g/mol.